The van der Waals surface area contributed by atoms with Crippen LogP contribution in [-0.4, -0.2) is 90.8 Å². The number of esters is 2. The van der Waals surface area contributed by atoms with Gasteiger partial charge in [-0.05, 0) is 50.3 Å². The second-order valence-electron chi connectivity index (χ2n) is 11.6. The lowest BCUT2D eigenvalue weighted by Crippen LogP contribution is -2.57. The third-order valence-electron chi connectivity index (χ3n) is 8.36. The molecule has 0 aliphatic carbocycles. The average Bonchev–Trinajstić information content (AvgIpc) is 3.56. The molecule has 3 aliphatic rings. The molecule has 0 bridgehead atoms. The topological polar surface area (TPSA) is 156 Å². The van der Waals surface area contributed by atoms with Gasteiger partial charge in [0.25, 0.3) is 0 Å². The third-order valence-corrected chi connectivity index (χ3v) is 8.36. The fourth-order valence-electron chi connectivity index (χ4n) is 5.63. The maximum absolute atomic E-state index is 14.0. The first kappa shape index (κ1) is 32.7. The number of carbonyl (C=O) groups excluding carboxylic acids is 5. The van der Waals surface area contributed by atoms with Crippen molar-refractivity contribution in [1.29, 1.82) is 0 Å². The number of nitrogens with one attached hydrogen (secondary N) is 1. The van der Waals surface area contributed by atoms with Crippen molar-refractivity contribution in [1.82, 2.24) is 10.2 Å². The fourth-order valence-corrected chi connectivity index (χ4v) is 5.63. The number of cyclic esters (lactones) is 4. The lowest BCUT2D eigenvalue weighted by molar-refractivity contribution is -0.159. The van der Waals surface area contributed by atoms with E-state index in [-0.39, 0.29) is 26.2 Å². The summed E-state index contributed by atoms with van der Waals surface area (Å²) >= 11 is 0. The van der Waals surface area contributed by atoms with Crippen LogP contribution >= 0.6 is 0 Å². The molecule has 13 nitrogen and oxygen atoms in total. The maximum atomic E-state index is 14.0. The van der Waals surface area contributed by atoms with Gasteiger partial charge in [0, 0.05) is 13.0 Å². The first-order valence-electron chi connectivity index (χ1n) is 15.3. The van der Waals surface area contributed by atoms with Crippen LogP contribution in [0.15, 0.2) is 54.6 Å². The van der Waals surface area contributed by atoms with E-state index in [1.165, 1.54) is 4.90 Å². The van der Waals surface area contributed by atoms with Crippen LogP contribution in [0.2, 0.25) is 0 Å². The zero-order valence-corrected chi connectivity index (χ0v) is 25.9. The van der Waals surface area contributed by atoms with Crippen LogP contribution in [0.5, 0.6) is 0 Å². The third kappa shape index (κ3) is 7.94. The highest BCUT2D eigenvalue weighted by molar-refractivity contribution is 5.89. The quantitative estimate of drug-likeness (QED) is 0.268. The summed E-state index contributed by atoms with van der Waals surface area (Å²) in [5.74, 6) is -1.68. The predicted molar refractivity (Wildman–Crippen MR) is 159 cm³/mol. The van der Waals surface area contributed by atoms with E-state index in [1.807, 2.05) is 54.6 Å². The highest BCUT2D eigenvalue weighted by atomic mass is 16.8. The number of aryl methyl sites for hydroxylation is 1. The summed E-state index contributed by atoms with van der Waals surface area (Å²) in [6.07, 6.45) is -3.25. The van der Waals surface area contributed by atoms with E-state index >= 15 is 0 Å². The van der Waals surface area contributed by atoms with Crippen LogP contribution in [0.4, 0.5) is 9.59 Å². The molecule has 2 aromatic rings. The molecular weight excluding hydrogens is 600 g/mol. The van der Waals surface area contributed by atoms with Crippen LogP contribution in [0.3, 0.4) is 0 Å². The van der Waals surface area contributed by atoms with Gasteiger partial charge in [0.1, 0.15) is 37.5 Å². The molecule has 4 unspecified atom stereocenters. The minimum absolute atomic E-state index is 0.156. The summed E-state index contributed by atoms with van der Waals surface area (Å²) in [6, 6.07) is 14.3. The second kappa shape index (κ2) is 14.6. The number of amides is 1. The lowest BCUT2D eigenvalue weighted by Gasteiger charge is -2.37. The molecule has 1 N–H and O–H groups in total. The van der Waals surface area contributed by atoms with E-state index in [2.05, 4.69) is 5.32 Å². The van der Waals surface area contributed by atoms with Gasteiger partial charge in [-0.3, -0.25) is 14.9 Å². The number of nitrogens with zero attached hydrogens (tertiary/aromatic N) is 1. The number of rotatable bonds is 12. The molecular formula is C33H38N2O11. The van der Waals surface area contributed by atoms with Crippen molar-refractivity contribution in [2.45, 2.75) is 89.1 Å². The van der Waals surface area contributed by atoms with Crippen molar-refractivity contribution in [2.24, 2.45) is 0 Å². The van der Waals surface area contributed by atoms with Gasteiger partial charge < -0.3 is 33.3 Å². The number of hydrogen-bond acceptors (Lipinski definition) is 12. The number of carbonyl (C=O) groups is 5. The highest BCUT2D eigenvalue weighted by Crippen LogP contribution is 2.26. The van der Waals surface area contributed by atoms with Crippen molar-refractivity contribution >= 4 is 30.2 Å². The minimum atomic E-state index is -0.951. The molecule has 46 heavy (non-hydrogen) atoms. The maximum Gasteiger partial charge on any atom is 0.509 e. The van der Waals surface area contributed by atoms with Crippen molar-refractivity contribution < 1.29 is 52.4 Å². The van der Waals surface area contributed by atoms with E-state index in [1.54, 1.807) is 20.8 Å². The predicted octanol–water partition coefficient (Wildman–Crippen LogP) is 2.85. The summed E-state index contributed by atoms with van der Waals surface area (Å²) in [5, 5.41) is 3.12. The Balaban J connectivity index is 1.28. The molecule has 0 radical (unpaired) electrons. The summed E-state index contributed by atoms with van der Waals surface area (Å²) in [4.78, 5) is 65.1. The smallest absolute Gasteiger partial charge is 0.460 e. The Morgan fingerprint density at radius 2 is 1.43 bits per heavy atom. The molecule has 5 rings (SSSR count). The Morgan fingerprint density at radius 3 is 2.04 bits per heavy atom. The Labute approximate surface area is 266 Å². The summed E-state index contributed by atoms with van der Waals surface area (Å²) in [7, 11) is 0. The largest absolute Gasteiger partial charge is 0.509 e. The Hall–Kier alpha value is -4.65. The SMILES string of the molecule is CC1OC(=O)OC1COC(=O)[C@H](CCc1ccccc1)N[C@@H](C)C(=O)N1Cc2ccccc2C[C@H]1C(=O)OCC1OC(=O)OC1C. The van der Waals surface area contributed by atoms with E-state index in [0.717, 1.165) is 16.7 Å². The molecule has 3 aliphatic heterocycles. The molecule has 7 atom stereocenters. The van der Waals surface area contributed by atoms with Crippen molar-refractivity contribution in [3.05, 3.63) is 71.3 Å². The lowest BCUT2D eigenvalue weighted by atomic mass is 9.93. The zero-order valence-electron chi connectivity index (χ0n) is 25.9. The van der Waals surface area contributed by atoms with Gasteiger partial charge in [-0.15, -0.1) is 0 Å². The molecule has 2 aromatic carbocycles. The minimum Gasteiger partial charge on any atom is -0.460 e. The van der Waals surface area contributed by atoms with Crippen LogP contribution in [-0.2, 0) is 62.2 Å². The first-order chi connectivity index (χ1) is 22.1. The van der Waals surface area contributed by atoms with Gasteiger partial charge in [-0.2, -0.15) is 0 Å². The molecule has 0 spiro atoms. The van der Waals surface area contributed by atoms with E-state index in [9.17, 15) is 24.0 Å². The van der Waals surface area contributed by atoms with Crippen LogP contribution in [0.25, 0.3) is 0 Å². The Bertz CT molecular complexity index is 1430. The van der Waals surface area contributed by atoms with Crippen molar-refractivity contribution in [2.75, 3.05) is 13.2 Å². The monoisotopic (exact) mass is 638 g/mol. The zero-order chi connectivity index (χ0) is 32.8. The Kier molecular flexibility index (Phi) is 10.4. The summed E-state index contributed by atoms with van der Waals surface area (Å²) in [6.45, 7) is 4.64. The van der Waals surface area contributed by atoms with E-state index in [0.29, 0.717) is 12.8 Å². The van der Waals surface area contributed by atoms with Gasteiger partial charge in [0.15, 0.2) is 12.2 Å². The molecule has 1 amide bonds. The van der Waals surface area contributed by atoms with Crippen LogP contribution in [0, 0.1) is 0 Å². The summed E-state index contributed by atoms with van der Waals surface area (Å²) < 4.78 is 31.1. The van der Waals surface area contributed by atoms with Gasteiger partial charge in [0.05, 0.1) is 6.04 Å². The number of benzene rings is 2. The highest BCUT2D eigenvalue weighted by Gasteiger charge is 2.41. The molecule has 13 heteroatoms. The van der Waals surface area contributed by atoms with Crippen molar-refractivity contribution in [3.63, 3.8) is 0 Å². The standard InChI is InChI=1S/C33H38N2O11/c1-19(34-25(14-13-22-9-5-4-6-10-22)30(37)41-17-27-20(2)43-32(39)45-27)29(36)35-16-24-12-8-7-11-23(24)15-26(35)31(38)42-18-28-21(3)44-33(40)46-28/h4-12,19-21,25-28,34H,13-18H2,1-3H3/t19-,20?,21?,25-,26-,27?,28?/m0/s1. The second-order valence-corrected chi connectivity index (χ2v) is 11.6. The first-order valence-corrected chi connectivity index (χ1v) is 15.3. The molecule has 0 aromatic heterocycles. The normalized spacial score (nSPS) is 24.8. The number of ether oxygens (including phenoxy) is 6. The van der Waals surface area contributed by atoms with E-state index in [4.69, 9.17) is 28.4 Å². The number of fused-ring (bicyclic) bond motifs is 1. The van der Waals surface area contributed by atoms with Gasteiger partial charge in [-0.25, -0.2) is 14.4 Å². The molecule has 2 saturated heterocycles. The molecule has 3 heterocycles. The van der Waals surface area contributed by atoms with Crippen LogP contribution in [0.1, 0.15) is 43.9 Å². The molecule has 0 saturated carbocycles. The van der Waals surface area contributed by atoms with Gasteiger partial charge in [0.2, 0.25) is 5.91 Å². The fraction of sp³-hybridized carbons (Fsp3) is 0.485. The number of hydrogen-bond donors (Lipinski definition) is 1. The Morgan fingerprint density at radius 1 is 0.848 bits per heavy atom. The van der Waals surface area contributed by atoms with Crippen molar-refractivity contribution in [3.8, 4) is 0 Å². The van der Waals surface area contributed by atoms with E-state index < -0.39 is 72.7 Å². The average molecular weight is 639 g/mol. The van der Waals surface area contributed by atoms with Crippen LogP contribution < -0.4 is 5.32 Å². The summed E-state index contributed by atoms with van der Waals surface area (Å²) in [5.41, 5.74) is 2.80. The molecule has 246 valence electrons. The van der Waals surface area contributed by atoms with Gasteiger partial charge in [-0.1, -0.05) is 54.6 Å². The molecule has 2 fully saturated rings. The van der Waals surface area contributed by atoms with Gasteiger partial charge >= 0.3 is 24.2 Å².